The van der Waals surface area contributed by atoms with Crippen LogP contribution in [-0.2, 0) is 4.74 Å². The molecule has 0 aliphatic carbocycles. The van der Waals surface area contributed by atoms with Crippen molar-refractivity contribution in [2.45, 2.75) is 38.3 Å². The molecule has 1 aromatic rings. The third kappa shape index (κ3) is 4.50. The van der Waals surface area contributed by atoms with Crippen molar-refractivity contribution >= 4 is 29.3 Å². The highest BCUT2D eigenvalue weighted by molar-refractivity contribution is 6.33. The number of rotatable bonds is 2. The SMILES string of the molecule is CC(C)(C)OC(=O)N[C@H]1CNC[C@@H]1c1cc(Cl)ccc1Cl. The van der Waals surface area contributed by atoms with Crippen molar-refractivity contribution in [1.82, 2.24) is 10.6 Å². The molecule has 1 saturated heterocycles. The molecule has 1 heterocycles. The highest BCUT2D eigenvalue weighted by Gasteiger charge is 2.32. The van der Waals surface area contributed by atoms with Gasteiger partial charge >= 0.3 is 6.09 Å². The van der Waals surface area contributed by atoms with Crippen molar-refractivity contribution in [2.75, 3.05) is 13.1 Å². The van der Waals surface area contributed by atoms with Gasteiger partial charge in [-0.15, -0.1) is 0 Å². The highest BCUT2D eigenvalue weighted by atomic mass is 35.5. The van der Waals surface area contributed by atoms with Crippen LogP contribution in [0.1, 0.15) is 32.3 Å². The molecule has 0 aromatic heterocycles. The summed E-state index contributed by atoms with van der Waals surface area (Å²) in [7, 11) is 0. The molecule has 0 bridgehead atoms. The van der Waals surface area contributed by atoms with Gasteiger partial charge in [-0.25, -0.2) is 4.79 Å². The standard InChI is InChI=1S/C15H20Cl2N2O2/c1-15(2,3)21-14(20)19-13-8-18-7-11(13)10-6-9(16)4-5-12(10)17/h4-6,11,13,18H,7-8H2,1-3H3,(H,19,20)/t11-,13+/m1/s1. The van der Waals surface area contributed by atoms with Crippen LogP contribution >= 0.6 is 23.2 Å². The molecular weight excluding hydrogens is 311 g/mol. The average Bonchev–Trinajstić information content (AvgIpc) is 2.77. The lowest BCUT2D eigenvalue weighted by Crippen LogP contribution is -2.42. The molecule has 1 amide bonds. The Morgan fingerprint density at radius 3 is 2.71 bits per heavy atom. The van der Waals surface area contributed by atoms with Gasteiger partial charge in [-0.2, -0.15) is 0 Å². The molecule has 1 aromatic carbocycles. The molecule has 1 aliphatic rings. The number of hydrogen-bond donors (Lipinski definition) is 2. The second-order valence-corrected chi connectivity index (χ2v) is 7.03. The van der Waals surface area contributed by atoms with E-state index in [0.717, 1.165) is 12.1 Å². The van der Waals surface area contributed by atoms with Crippen LogP contribution in [0.5, 0.6) is 0 Å². The van der Waals surface area contributed by atoms with Gasteiger partial charge in [0.2, 0.25) is 0 Å². The number of nitrogens with one attached hydrogen (secondary N) is 2. The van der Waals surface area contributed by atoms with Gasteiger partial charge < -0.3 is 15.4 Å². The van der Waals surface area contributed by atoms with Crippen molar-refractivity contribution in [2.24, 2.45) is 0 Å². The Kier molecular flexibility index (Phi) is 5.02. The summed E-state index contributed by atoms with van der Waals surface area (Å²) in [4.78, 5) is 11.9. The van der Waals surface area contributed by atoms with Gasteiger partial charge in [0.25, 0.3) is 0 Å². The molecule has 0 saturated carbocycles. The molecule has 116 valence electrons. The van der Waals surface area contributed by atoms with Crippen molar-refractivity contribution in [3.63, 3.8) is 0 Å². The maximum Gasteiger partial charge on any atom is 0.407 e. The van der Waals surface area contributed by atoms with Gasteiger partial charge in [-0.3, -0.25) is 0 Å². The van der Waals surface area contributed by atoms with Crippen LogP contribution in [-0.4, -0.2) is 30.8 Å². The number of hydrogen-bond acceptors (Lipinski definition) is 3. The van der Waals surface area contributed by atoms with Crippen LogP contribution in [0, 0.1) is 0 Å². The first-order chi connectivity index (χ1) is 9.76. The minimum atomic E-state index is -0.515. The summed E-state index contributed by atoms with van der Waals surface area (Å²) >= 11 is 12.3. The molecule has 2 rings (SSSR count). The molecule has 6 heteroatoms. The summed E-state index contributed by atoms with van der Waals surface area (Å²) in [5, 5.41) is 7.46. The number of carbonyl (C=O) groups is 1. The van der Waals surface area contributed by atoms with E-state index in [9.17, 15) is 4.79 Å². The Balaban J connectivity index is 2.10. The van der Waals surface area contributed by atoms with Crippen molar-refractivity contribution in [3.05, 3.63) is 33.8 Å². The minimum absolute atomic E-state index is 0.0729. The summed E-state index contributed by atoms with van der Waals surface area (Å²) in [6.07, 6.45) is -0.417. The largest absolute Gasteiger partial charge is 0.444 e. The van der Waals surface area contributed by atoms with E-state index < -0.39 is 11.7 Å². The Morgan fingerprint density at radius 1 is 1.33 bits per heavy atom. The molecule has 2 atom stereocenters. The summed E-state index contributed by atoms with van der Waals surface area (Å²) in [6, 6.07) is 5.32. The van der Waals surface area contributed by atoms with Crippen LogP contribution < -0.4 is 10.6 Å². The summed E-state index contributed by atoms with van der Waals surface area (Å²) in [5.41, 5.74) is 0.425. The van der Waals surface area contributed by atoms with Gasteiger partial charge in [0.1, 0.15) is 5.60 Å². The quantitative estimate of drug-likeness (QED) is 0.871. The second kappa shape index (κ2) is 6.42. The van der Waals surface area contributed by atoms with E-state index in [0.29, 0.717) is 16.6 Å². The number of benzene rings is 1. The topological polar surface area (TPSA) is 50.4 Å². The van der Waals surface area contributed by atoms with E-state index in [-0.39, 0.29) is 12.0 Å². The van der Waals surface area contributed by atoms with Gasteiger partial charge in [-0.05, 0) is 44.5 Å². The van der Waals surface area contributed by atoms with E-state index in [2.05, 4.69) is 10.6 Å². The smallest absolute Gasteiger partial charge is 0.407 e. The Morgan fingerprint density at radius 2 is 2.05 bits per heavy atom. The van der Waals surface area contributed by atoms with Crippen molar-refractivity contribution in [3.8, 4) is 0 Å². The zero-order chi connectivity index (χ0) is 15.6. The average molecular weight is 331 g/mol. The Labute approximate surface area is 135 Å². The Hall–Kier alpha value is -0.970. The zero-order valence-electron chi connectivity index (χ0n) is 12.4. The first-order valence-corrected chi connectivity index (χ1v) is 7.67. The predicted octanol–water partition coefficient (Wildman–Crippen LogP) is 3.57. The fourth-order valence-electron chi connectivity index (χ4n) is 2.41. The minimum Gasteiger partial charge on any atom is -0.444 e. The predicted molar refractivity (Wildman–Crippen MR) is 85.2 cm³/mol. The normalized spacial score (nSPS) is 22.1. The lowest BCUT2D eigenvalue weighted by molar-refractivity contribution is 0.0504. The fourth-order valence-corrected chi connectivity index (χ4v) is 2.85. The number of amides is 1. The van der Waals surface area contributed by atoms with Gasteiger partial charge in [-0.1, -0.05) is 23.2 Å². The molecule has 0 spiro atoms. The summed E-state index contributed by atoms with van der Waals surface area (Å²) in [6.45, 7) is 6.92. The van der Waals surface area contributed by atoms with Crippen molar-refractivity contribution < 1.29 is 9.53 Å². The van der Waals surface area contributed by atoms with Crippen LogP contribution in [0.3, 0.4) is 0 Å². The monoisotopic (exact) mass is 330 g/mol. The second-order valence-electron chi connectivity index (χ2n) is 6.18. The maximum atomic E-state index is 11.9. The molecular formula is C15H20Cl2N2O2. The molecule has 21 heavy (non-hydrogen) atoms. The highest BCUT2D eigenvalue weighted by Crippen LogP contribution is 2.31. The number of carbonyl (C=O) groups excluding carboxylic acids is 1. The lowest BCUT2D eigenvalue weighted by atomic mass is 9.94. The first kappa shape index (κ1) is 16.4. The third-order valence-electron chi connectivity index (χ3n) is 3.27. The fraction of sp³-hybridized carbons (Fsp3) is 0.533. The summed E-state index contributed by atoms with van der Waals surface area (Å²) in [5.74, 6) is 0.0729. The molecule has 2 N–H and O–H groups in total. The zero-order valence-corrected chi connectivity index (χ0v) is 13.9. The van der Waals surface area contributed by atoms with E-state index in [1.807, 2.05) is 26.8 Å². The van der Waals surface area contributed by atoms with Crippen LogP contribution in [0.15, 0.2) is 18.2 Å². The van der Waals surface area contributed by atoms with Crippen LogP contribution in [0.2, 0.25) is 10.0 Å². The van der Waals surface area contributed by atoms with Gasteiger partial charge in [0, 0.05) is 29.1 Å². The third-order valence-corrected chi connectivity index (χ3v) is 3.85. The maximum absolute atomic E-state index is 11.9. The van der Waals surface area contributed by atoms with E-state index >= 15 is 0 Å². The number of halogens is 2. The van der Waals surface area contributed by atoms with E-state index in [1.165, 1.54) is 0 Å². The molecule has 0 radical (unpaired) electrons. The molecule has 4 nitrogen and oxygen atoms in total. The van der Waals surface area contributed by atoms with Crippen LogP contribution in [0.25, 0.3) is 0 Å². The Bertz CT molecular complexity index is 529. The van der Waals surface area contributed by atoms with Gasteiger partial charge in [0.15, 0.2) is 0 Å². The number of alkyl carbamates (subject to hydrolysis) is 1. The van der Waals surface area contributed by atoms with Crippen molar-refractivity contribution in [1.29, 1.82) is 0 Å². The molecule has 1 aliphatic heterocycles. The van der Waals surface area contributed by atoms with Gasteiger partial charge in [0.05, 0.1) is 6.04 Å². The van der Waals surface area contributed by atoms with Crippen LogP contribution in [0.4, 0.5) is 4.79 Å². The number of ether oxygens (including phenoxy) is 1. The van der Waals surface area contributed by atoms with E-state index in [1.54, 1.807) is 12.1 Å². The lowest BCUT2D eigenvalue weighted by Gasteiger charge is -2.25. The van der Waals surface area contributed by atoms with E-state index in [4.69, 9.17) is 27.9 Å². The summed E-state index contributed by atoms with van der Waals surface area (Å²) < 4.78 is 5.30. The first-order valence-electron chi connectivity index (χ1n) is 6.91. The molecule has 0 unspecified atom stereocenters. The molecule has 1 fully saturated rings.